The molecule has 1 atom stereocenters. The van der Waals surface area contributed by atoms with Gasteiger partial charge in [-0.25, -0.2) is 0 Å². The molecule has 1 saturated carbocycles. The minimum Gasteiger partial charge on any atom is -0.491 e. The van der Waals surface area contributed by atoms with Crippen molar-refractivity contribution in [1.82, 2.24) is 5.32 Å². The van der Waals surface area contributed by atoms with E-state index in [1.54, 1.807) is 0 Å². The van der Waals surface area contributed by atoms with E-state index in [0.717, 1.165) is 17.9 Å². The van der Waals surface area contributed by atoms with Crippen LogP contribution in [0.3, 0.4) is 0 Å². The van der Waals surface area contributed by atoms with Crippen molar-refractivity contribution < 1.29 is 9.84 Å². The molecule has 18 heavy (non-hydrogen) atoms. The molecule has 1 aromatic rings. The Morgan fingerprint density at radius 1 is 1.39 bits per heavy atom. The van der Waals surface area contributed by atoms with Gasteiger partial charge in [-0.05, 0) is 36.8 Å². The average Bonchev–Trinajstić information content (AvgIpc) is 3.06. The van der Waals surface area contributed by atoms with Crippen LogP contribution in [0.1, 0.15) is 25.3 Å². The van der Waals surface area contributed by atoms with Crippen molar-refractivity contribution in [1.29, 1.82) is 0 Å². The lowest BCUT2D eigenvalue weighted by molar-refractivity contribution is 0.105. The molecule has 0 radical (unpaired) electrons. The number of aliphatic hydroxyl groups is 1. The average molecular weight is 249 g/mol. The minimum atomic E-state index is -0.452. The topological polar surface area (TPSA) is 41.5 Å². The first-order valence-electron chi connectivity index (χ1n) is 6.66. The molecule has 3 heteroatoms. The molecule has 0 bridgehead atoms. The van der Waals surface area contributed by atoms with Crippen LogP contribution < -0.4 is 10.1 Å². The Morgan fingerprint density at radius 3 is 2.78 bits per heavy atom. The van der Waals surface area contributed by atoms with E-state index in [-0.39, 0.29) is 0 Å². The number of hydrogen-bond acceptors (Lipinski definition) is 3. The molecule has 1 aliphatic carbocycles. The van der Waals surface area contributed by atoms with Gasteiger partial charge in [0.2, 0.25) is 0 Å². The molecule has 2 N–H and O–H groups in total. The molecule has 2 rings (SSSR count). The Bertz CT molecular complexity index is 388. The fraction of sp³-hybridized carbons (Fsp3) is 0.600. The maximum Gasteiger partial charge on any atom is 0.122 e. The predicted molar refractivity (Wildman–Crippen MR) is 72.9 cm³/mol. The fourth-order valence-corrected chi connectivity index (χ4v) is 1.89. The predicted octanol–water partition coefficient (Wildman–Crippen LogP) is 2.12. The summed E-state index contributed by atoms with van der Waals surface area (Å²) in [5.74, 6) is 0.853. The third kappa shape index (κ3) is 4.00. The molecule has 3 nitrogen and oxygen atoms in total. The fourth-order valence-electron chi connectivity index (χ4n) is 1.89. The van der Waals surface area contributed by atoms with Gasteiger partial charge in [-0.2, -0.15) is 0 Å². The first-order chi connectivity index (χ1) is 8.59. The molecular weight excluding hydrogens is 226 g/mol. The Hall–Kier alpha value is -1.06. The van der Waals surface area contributed by atoms with E-state index in [0.29, 0.717) is 18.6 Å². The van der Waals surface area contributed by atoms with Crippen molar-refractivity contribution in [3.05, 3.63) is 29.8 Å². The van der Waals surface area contributed by atoms with Crippen LogP contribution >= 0.6 is 0 Å². The summed E-state index contributed by atoms with van der Waals surface area (Å²) in [5, 5.41) is 13.1. The van der Waals surface area contributed by atoms with Crippen LogP contribution in [0.2, 0.25) is 0 Å². The Labute approximate surface area is 109 Å². The summed E-state index contributed by atoms with van der Waals surface area (Å²) in [6.07, 6.45) is 2.15. The highest BCUT2D eigenvalue weighted by Crippen LogP contribution is 2.43. The second-order valence-electron chi connectivity index (χ2n) is 5.67. The van der Waals surface area contributed by atoms with E-state index >= 15 is 0 Å². The number of nitrogens with one attached hydrogen (secondary N) is 1. The van der Waals surface area contributed by atoms with Gasteiger partial charge in [0.1, 0.15) is 18.5 Å². The van der Waals surface area contributed by atoms with Crippen LogP contribution in [0.15, 0.2) is 24.3 Å². The van der Waals surface area contributed by atoms with Gasteiger partial charge in [-0.3, -0.25) is 0 Å². The molecule has 1 fully saturated rings. The lowest BCUT2D eigenvalue weighted by Crippen LogP contribution is -2.34. The monoisotopic (exact) mass is 249 g/mol. The second-order valence-corrected chi connectivity index (χ2v) is 5.67. The summed E-state index contributed by atoms with van der Waals surface area (Å²) < 4.78 is 5.61. The van der Waals surface area contributed by atoms with Crippen molar-refractivity contribution >= 4 is 0 Å². The number of rotatable bonds is 7. The number of aryl methyl sites for hydroxylation is 1. The molecule has 1 aliphatic rings. The van der Waals surface area contributed by atoms with E-state index in [9.17, 15) is 5.11 Å². The van der Waals surface area contributed by atoms with Gasteiger partial charge in [0, 0.05) is 13.1 Å². The van der Waals surface area contributed by atoms with E-state index < -0.39 is 6.10 Å². The SMILES string of the molecule is Cc1ccccc1OCC(O)CNCC1(C)CC1. The summed E-state index contributed by atoms with van der Waals surface area (Å²) in [6.45, 7) is 6.22. The summed E-state index contributed by atoms with van der Waals surface area (Å²) in [6, 6.07) is 7.87. The smallest absolute Gasteiger partial charge is 0.122 e. The largest absolute Gasteiger partial charge is 0.491 e. The van der Waals surface area contributed by atoms with Gasteiger partial charge in [-0.1, -0.05) is 25.1 Å². The molecule has 0 amide bonds. The maximum absolute atomic E-state index is 9.83. The Morgan fingerprint density at radius 2 is 2.11 bits per heavy atom. The van der Waals surface area contributed by atoms with Crippen LogP contribution in [0.5, 0.6) is 5.75 Å². The number of ether oxygens (including phenoxy) is 1. The number of hydrogen-bond donors (Lipinski definition) is 2. The standard InChI is InChI=1S/C15H23NO2/c1-12-5-3-4-6-14(12)18-10-13(17)9-16-11-15(2)7-8-15/h3-6,13,16-17H,7-11H2,1-2H3. The lowest BCUT2D eigenvalue weighted by Gasteiger charge is -2.16. The molecule has 0 aromatic heterocycles. The van der Waals surface area contributed by atoms with E-state index in [1.807, 2.05) is 31.2 Å². The van der Waals surface area contributed by atoms with Crippen molar-refractivity contribution in [2.45, 2.75) is 32.8 Å². The van der Waals surface area contributed by atoms with Gasteiger partial charge in [0.25, 0.3) is 0 Å². The van der Waals surface area contributed by atoms with Crippen molar-refractivity contribution in [3.8, 4) is 5.75 Å². The van der Waals surface area contributed by atoms with Gasteiger partial charge < -0.3 is 15.2 Å². The highest BCUT2D eigenvalue weighted by molar-refractivity contribution is 5.31. The number of benzene rings is 1. The highest BCUT2D eigenvalue weighted by atomic mass is 16.5. The summed E-state index contributed by atoms with van der Waals surface area (Å²) >= 11 is 0. The Kier molecular flexibility index (Phi) is 4.25. The zero-order chi connectivity index (χ0) is 13.0. The third-order valence-corrected chi connectivity index (χ3v) is 3.56. The first-order valence-corrected chi connectivity index (χ1v) is 6.66. The molecular formula is C15H23NO2. The van der Waals surface area contributed by atoms with Crippen LogP contribution in [-0.4, -0.2) is 30.9 Å². The van der Waals surface area contributed by atoms with E-state index in [4.69, 9.17) is 4.74 Å². The second kappa shape index (κ2) is 5.72. The first kappa shape index (κ1) is 13.4. The zero-order valence-corrected chi connectivity index (χ0v) is 11.3. The summed E-state index contributed by atoms with van der Waals surface area (Å²) in [4.78, 5) is 0. The molecule has 0 aliphatic heterocycles. The minimum absolute atomic E-state index is 0.342. The third-order valence-electron chi connectivity index (χ3n) is 3.56. The van der Waals surface area contributed by atoms with Gasteiger partial charge in [0.15, 0.2) is 0 Å². The van der Waals surface area contributed by atoms with Crippen LogP contribution in [-0.2, 0) is 0 Å². The van der Waals surface area contributed by atoms with E-state index in [1.165, 1.54) is 12.8 Å². The van der Waals surface area contributed by atoms with Crippen molar-refractivity contribution in [2.24, 2.45) is 5.41 Å². The van der Waals surface area contributed by atoms with Gasteiger partial charge in [-0.15, -0.1) is 0 Å². The summed E-state index contributed by atoms with van der Waals surface area (Å²) in [7, 11) is 0. The lowest BCUT2D eigenvalue weighted by atomic mass is 10.1. The molecule has 1 aromatic carbocycles. The number of para-hydroxylation sites is 1. The van der Waals surface area contributed by atoms with Crippen molar-refractivity contribution in [3.63, 3.8) is 0 Å². The van der Waals surface area contributed by atoms with Gasteiger partial charge >= 0.3 is 0 Å². The number of aliphatic hydroxyl groups excluding tert-OH is 1. The van der Waals surface area contributed by atoms with E-state index in [2.05, 4.69) is 12.2 Å². The van der Waals surface area contributed by atoms with Crippen LogP contribution in [0, 0.1) is 12.3 Å². The quantitative estimate of drug-likeness (QED) is 0.778. The normalized spacial score (nSPS) is 18.4. The van der Waals surface area contributed by atoms with Gasteiger partial charge in [0.05, 0.1) is 0 Å². The molecule has 1 unspecified atom stereocenters. The molecule has 100 valence electrons. The van der Waals surface area contributed by atoms with Crippen molar-refractivity contribution in [2.75, 3.05) is 19.7 Å². The molecule has 0 saturated heterocycles. The Balaban J connectivity index is 1.65. The molecule has 0 spiro atoms. The molecule has 0 heterocycles. The highest BCUT2D eigenvalue weighted by Gasteiger charge is 2.36. The maximum atomic E-state index is 9.83. The van der Waals surface area contributed by atoms with Crippen LogP contribution in [0.25, 0.3) is 0 Å². The van der Waals surface area contributed by atoms with Crippen LogP contribution in [0.4, 0.5) is 0 Å². The summed E-state index contributed by atoms with van der Waals surface area (Å²) in [5.41, 5.74) is 1.58. The zero-order valence-electron chi connectivity index (χ0n) is 11.3.